The van der Waals surface area contributed by atoms with Gasteiger partial charge in [0.15, 0.2) is 0 Å². The first-order valence-electron chi connectivity index (χ1n) is 5.19. The Morgan fingerprint density at radius 2 is 2.11 bits per heavy atom. The lowest BCUT2D eigenvalue weighted by Gasteiger charge is -2.11. The van der Waals surface area contributed by atoms with E-state index in [9.17, 15) is 23.1 Å². The Morgan fingerprint density at radius 1 is 1.42 bits per heavy atom. The molecule has 102 valence electrons. The maximum atomic E-state index is 12.5. The molecule has 7 heteroatoms. The minimum absolute atomic E-state index is 0.155. The second-order valence-corrected chi connectivity index (χ2v) is 3.59. The van der Waals surface area contributed by atoms with Gasteiger partial charge in [-0.3, -0.25) is 10.1 Å². The summed E-state index contributed by atoms with van der Waals surface area (Å²) in [6, 6.07) is 2.25. The number of halogens is 3. The number of carbonyl (C=O) groups excluding carboxylic acids is 1. The average Bonchev–Trinajstić information content (AvgIpc) is 2.31. The van der Waals surface area contributed by atoms with Gasteiger partial charge in [-0.15, -0.1) is 6.42 Å². The number of hydrogen-bond donors (Lipinski definition) is 3. The summed E-state index contributed by atoms with van der Waals surface area (Å²) in [6.45, 7) is -0.0120. The van der Waals surface area contributed by atoms with Crippen LogP contribution in [-0.4, -0.2) is 24.1 Å². The second-order valence-electron chi connectivity index (χ2n) is 3.59. The van der Waals surface area contributed by atoms with E-state index in [-0.39, 0.29) is 18.8 Å². The molecule has 0 aromatic heterocycles. The third-order valence-corrected chi connectivity index (χ3v) is 2.11. The quantitative estimate of drug-likeness (QED) is 0.443. The number of alkyl halides is 3. The molecule has 0 atom stereocenters. The fourth-order valence-electron chi connectivity index (χ4n) is 1.26. The number of hydrogen-bond acceptors (Lipinski definition) is 3. The Kier molecular flexibility index (Phi) is 4.78. The highest BCUT2D eigenvalue weighted by Gasteiger charge is 2.31. The van der Waals surface area contributed by atoms with Crippen LogP contribution in [-0.2, 0) is 11.0 Å². The van der Waals surface area contributed by atoms with Gasteiger partial charge in [-0.2, -0.15) is 13.2 Å². The summed E-state index contributed by atoms with van der Waals surface area (Å²) in [7, 11) is 0. The van der Waals surface area contributed by atoms with Crippen molar-refractivity contribution in [2.24, 2.45) is 0 Å². The van der Waals surface area contributed by atoms with E-state index in [2.05, 4.69) is 16.6 Å². The molecule has 1 rings (SSSR count). The first-order chi connectivity index (χ1) is 8.84. The van der Waals surface area contributed by atoms with Gasteiger partial charge in [0.2, 0.25) is 5.91 Å². The maximum Gasteiger partial charge on any atom is 0.416 e. The summed E-state index contributed by atoms with van der Waals surface area (Å²) in [6.07, 6.45) is 0.403. The van der Waals surface area contributed by atoms with Gasteiger partial charge in [0.1, 0.15) is 5.75 Å². The van der Waals surface area contributed by atoms with Gasteiger partial charge in [-0.05, 0) is 18.2 Å². The summed E-state index contributed by atoms with van der Waals surface area (Å²) < 4.78 is 37.4. The van der Waals surface area contributed by atoms with Crippen molar-refractivity contribution in [3.8, 4) is 18.1 Å². The first kappa shape index (κ1) is 14.9. The van der Waals surface area contributed by atoms with Gasteiger partial charge in [0.25, 0.3) is 0 Å². The number of phenolic OH excluding ortho intramolecular Hbond substituents is 1. The molecule has 0 unspecified atom stereocenters. The largest absolute Gasteiger partial charge is 0.506 e. The molecular formula is C12H11F3N2O2. The van der Waals surface area contributed by atoms with Gasteiger partial charge < -0.3 is 10.4 Å². The summed E-state index contributed by atoms with van der Waals surface area (Å²) >= 11 is 0. The lowest BCUT2D eigenvalue weighted by atomic mass is 10.2. The SMILES string of the molecule is C#CCNCC(=O)Nc1cc(C(F)(F)F)ccc1O. The predicted molar refractivity (Wildman–Crippen MR) is 63.4 cm³/mol. The smallest absolute Gasteiger partial charge is 0.416 e. The Balaban J connectivity index is 2.78. The van der Waals surface area contributed by atoms with Crippen molar-refractivity contribution in [1.29, 1.82) is 0 Å². The first-order valence-corrected chi connectivity index (χ1v) is 5.19. The number of anilines is 1. The van der Waals surface area contributed by atoms with Gasteiger partial charge >= 0.3 is 6.18 Å². The minimum atomic E-state index is -4.55. The maximum absolute atomic E-state index is 12.5. The van der Waals surface area contributed by atoms with Crippen LogP contribution >= 0.6 is 0 Å². The molecule has 0 bridgehead atoms. The molecule has 0 fully saturated rings. The summed E-state index contributed by atoms with van der Waals surface area (Å²) in [4.78, 5) is 11.4. The molecule has 1 aromatic carbocycles. The topological polar surface area (TPSA) is 61.4 Å². The predicted octanol–water partition coefficient (Wildman–Crippen LogP) is 1.57. The Morgan fingerprint density at radius 3 is 2.68 bits per heavy atom. The van der Waals surface area contributed by atoms with E-state index in [1.807, 2.05) is 0 Å². The highest BCUT2D eigenvalue weighted by atomic mass is 19.4. The third-order valence-electron chi connectivity index (χ3n) is 2.11. The number of nitrogens with one attached hydrogen (secondary N) is 2. The highest BCUT2D eigenvalue weighted by molar-refractivity contribution is 5.93. The van der Waals surface area contributed by atoms with Crippen LogP contribution in [0.25, 0.3) is 0 Å². The van der Waals surface area contributed by atoms with Crippen LogP contribution in [0.2, 0.25) is 0 Å². The molecule has 0 heterocycles. The van der Waals surface area contributed by atoms with Crippen LogP contribution in [0, 0.1) is 12.3 Å². The minimum Gasteiger partial charge on any atom is -0.506 e. The van der Waals surface area contributed by atoms with Crippen molar-refractivity contribution >= 4 is 11.6 Å². The van der Waals surface area contributed by atoms with Gasteiger partial charge in [0.05, 0.1) is 24.3 Å². The van der Waals surface area contributed by atoms with Crippen molar-refractivity contribution in [3.63, 3.8) is 0 Å². The molecular weight excluding hydrogens is 261 g/mol. The molecule has 0 aliphatic carbocycles. The molecule has 0 aliphatic rings. The van der Waals surface area contributed by atoms with E-state index in [4.69, 9.17) is 6.42 Å². The molecule has 0 saturated heterocycles. The van der Waals surface area contributed by atoms with Crippen molar-refractivity contribution in [2.45, 2.75) is 6.18 Å². The van der Waals surface area contributed by atoms with Crippen molar-refractivity contribution < 1.29 is 23.1 Å². The summed E-state index contributed by atoms with van der Waals surface area (Å²) in [5.41, 5.74) is -1.26. The molecule has 3 N–H and O–H groups in total. The number of terminal acetylenes is 1. The standard InChI is InChI=1S/C12H11F3N2O2/c1-2-5-16-7-11(19)17-9-6-8(12(13,14)15)3-4-10(9)18/h1,3-4,6,16,18H,5,7H2,(H,17,19). The van der Waals surface area contributed by atoms with E-state index in [1.54, 1.807) is 0 Å². The number of carbonyl (C=O) groups is 1. The van der Waals surface area contributed by atoms with E-state index in [1.165, 1.54) is 0 Å². The van der Waals surface area contributed by atoms with Crippen molar-refractivity contribution in [2.75, 3.05) is 18.4 Å². The number of aromatic hydroxyl groups is 1. The van der Waals surface area contributed by atoms with Gasteiger partial charge in [0, 0.05) is 0 Å². The average molecular weight is 272 g/mol. The zero-order valence-electron chi connectivity index (χ0n) is 9.71. The Labute approximate surface area is 107 Å². The molecule has 4 nitrogen and oxygen atoms in total. The zero-order chi connectivity index (χ0) is 14.5. The van der Waals surface area contributed by atoms with Gasteiger partial charge in [-0.25, -0.2) is 0 Å². The highest BCUT2D eigenvalue weighted by Crippen LogP contribution is 2.34. The van der Waals surface area contributed by atoms with Crippen LogP contribution in [0.1, 0.15) is 5.56 Å². The van der Waals surface area contributed by atoms with Crippen LogP contribution in [0.3, 0.4) is 0 Å². The number of phenols is 1. The molecule has 0 radical (unpaired) electrons. The van der Waals surface area contributed by atoms with Crippen LogP contribution < -0.4 is 10.6 Å². The van der Waals surface area contributed by atoms with Crippen LogP contribution in [0.15, 0.2) is 18.2 Å². The fourth-order valence-corrected chi connectivity index (χ4v) is 1.26. The van der Waals surface area contributed by atoms with E-state index < -0.39 is 23.4 Å². The van der Waals surface area contributed by atoms with Crippen LogP contribution in [0.4, 0.5) is 18.9 Å². The molecule has 1 amide bonds. The summed E-state index contributed by atoms with van der Waals surface area (Å²) in [5.74, 6) is 1.19. The van der Waals surface area contributed by atoms with E-state index in [0.717, 1.165) is 12.1 Å². The molecule has 0 saturated carbocycles. The van der Waals surface area contributed by atoms with Crippen molar-refractivity contribution in [1.82, 2.24) is 5.32 Å². The van der Waals surface area contributed by atoms with E-state index in [0.29, 0.717) is 6.07 Å². The monoisotopic (exact) mass is 272 g/mol. The summed E-state index contributed by atoms with van der Waals surface area (Å²) in [5, 5.41) is 14.1. The third kappa shape index (κ3) is 4.52. The van der Waals surface area contributed by atoms with Gasteiger partial charge in [-0.1, -0.05) is 5.92 Å². The number of amides is 1. The fraction of sp³-hybridized carbons (Fsp3) is 0.250. The molecule has 0 aliphatic heterocycles. The number of rotatable bonds is 4. The molecule has 0 spiro atoms. The molecule has 19 heavy (non-hydrogen) atoms. The molecule has 1 aromatic rings. The van der Waals surface area contributed by atoms with E-state index >= 15 is 0 Å². The normalized spacial score (nSPS) is 10.8. The van der Waals surface area contributed by atoms with Crippen molar-refractivity contribution in [3.05, 3.63) is 23.8 Å². The Hall–Kier alpha value is -2.20. The van der Waals surface area contributed by atoms with Crippen LogP contribution in [0.5, 0.6) is 5.75 Å². The lowest BCUT2D eigenvalue weighted by molar-refractivity contribution is -0.137. The lowest BCUT2D eigenvalue weighted by Crippen LogP contribution is -2.28. The Bertz CT molecular complexity index is 507. The second kappa shape index (κ2) is 6.11. The number of benzene rings is 1. The zero-order valence-corrected chi connectivity index (χ0v) is 9.71.